The lowest BCUT2D eigenvalue weighted by atomic mass is 10.2. The molecule has 0 saturated heterocycles. The van der Waals surface area contributed by atoms with E-state index in [2.05, 4.69) is 10.1 Å². The number of esters is 1. The average molecular weight is 286 g/mol. The number of alkyl halides is 1. The molecule has 6 heteroatoms. The highest BCUT2D eigenvalue weighted by molar-refractivity contribution is 6.19. The first-order valence-corrected chi connectivity index (χ1v) is 6.24. The molecule has 0 radical (unpaired) electrons. The minimum atomic E-state index is -0.799. The summed E-state index contributed by atoms with van der Waals surface area (Å²) in [5.41, 5.74) is 0.118. The van der Waals surface area contributed by atoms with Crippen LogP contribution in [0.2, 0.25) is 0 Å². The molecule has 2 atom stereocenters. The maximum absolute atomic E-state index is 11.6. The van der Waals surface area contributed by atoms with Crippen molar-refractivity contribution in [2.45, 2.75) is 32.1 Å². The molecule has 5 nitrogen and oxygen atoms in total. The number of hydrogen-bond acceptors (Lipinski definition) is 4. The van der Waals surface area contributed by atoms with Crippen molar-refractivity contribution >= 4 is 23.7 Å². The number of nitrogens with one attached hydrogen (secondary N) is 1. The smallest absolute Gasteiger partial charge is 0.409 e. The van der Waals surface area contributed by atoms with Crippen LogP contribution < -0.4 is 5.32 Å². The van der Waals surface area contributed by atoms with Gasteiger partial charge in [0.1, 0.15) is 12.6 Å². The Morgan fingerprint density at radius 3 is 2.47 bits per heavy atom. The molecule has 0 spiro atoms. The Labute approximate surface area is 116 Å². The van der Waals surface area contributed by atoms with Crippen LogP contribution in [0, 0.1) is 0 Å². The number of benzene rings is 1. The number of halogens is 1. The first-order chi connectivity index (χ1) is 8.99. The van der Waals surface area contributed by atoms with Crippen molar-refractivity contribution in [3.63, 3.8) is 0 Å². The minimum absolute atomic E-state index is 0.159. The molecule has 0 saturated carbocycles. The van der Waals surface area contributed by atoms with Crippen LogP contribution in [0.15, 0.2) is 30.3 Å². The van der Waals surface area contributed by atoms with Crippen LogP contribution in [0.5, 0.6) is 0 Å². The Balaban J connectivity index is 2.35. The van der Waals surface area contributed by atoms with Gasteiger partial charge in [-0.15, -0.1) is 0 Å². The fraction of sp³-hybridized carbons (Fsp3) is 0.385. The predicted octanol–water partition coefficient (Wildman–Crippen LogP) is 2.43. The normalized spacial score (nSPS) is 13.2. The van der Waals surface area contributed by atoms with Crippen LogP contribution in [0.4, 0.5) is 4.79 Å². The van der Waals surface area contributed by atoms with Gasteiger partial charge in [-0.25, -0.2) is 9.59 Å². The Morgan fingerprint density at radius 2 is 1.89 bits per heavy atom. The highest BCUT2D eigenvalue weighted by Gasteiger charge is 2.18. The summed E-state index contributed by atoms with van der Waals surface area (Å²) in [5.74, 6) is -0.539. The van der Waals surface area contributed by atoms with E-state index < -0.39 is 23.7 Å². The van der Waals surface area contributed by atoms with Gasteiger partial charge in [0.2, 0.25) is 0 Å². The average Bonchev–Trinajstić information content (AvgIpc) is 2.36. The highest BCUT2D eigenvalue weighted by Crippen LogP contribution is 2.02. The Hall–Kier alpha value is -1.75. The molecule has 0 heterocycles. The van der Waals surface area contributed by atoms with Crippen molar-refractivity contribution in [2.24, 2.45) is 0 Å². The van der Waals surface area contributed by atoms with E-state index in [1.54, 1.807) is 0 Å². The summed E-state index contributed by atoms with van der Waals surface area (Å²) in [6, 6.07) is 8.46. The van der Waals surface area contributed by atoms with E-state index in [4.69, 9.17) is 16.3 Å². The lowest BCUT2D eigenvalue weighted by molar-refractivity contribution is -0.146. The van der Waals surface area contributed by atoms with Crippen molar-refractivity contribution < 1.29 is 19.1 Å². The SMILES string of the molecule is CC(Cl)OC(=O)N[C@@H](C)C(=O)OCc1ccccc1. The Bertz CT molecular complexity index is 422. The van der Waals surface area contributed by atoms with Crippen molar-refractivity contribution in [3.05, 3.63) is 35.9 Å². The van der Waals surface area contributed by atoms with E-state index in [0.29, 0.717) is 0 Å². The zero-order chi connectivity index (χ0) is 14.3. The number of amides is 1. The molecule has 1 amide bonds. The fourth-order valence-corrected chi connectivity index (χ4v) is 1.35. The molecule has 0 bridgehead atoms. The summed E-state index contributed by atoms with van der Waals surface area (Å²) < 4.78 is 9.69. The summed E-state index contributed by atoms with van der Waals surface area (Å²) in [4.78, 5) is 22.8. The van der Waals surface area contributed by atoms with Crippen molar-refractivity contribution in [2.75, 3.05) is 0 Å². The van der Waals surface area contributed by atoms with Crippen LogP contribution in [0.1, 0.15) is 19.4 Å². The maximum Gasteiger partial charge on any atom is 0.409 e. The van der Waals surface area contributed by atoms with Crippen LogP contribution >= 0.6 is 11.6 Å². The van der Waals surface area contributed by atoms with Gasteiger partial charge >= 0.3 is 12.1 Å². The van der Waals surface area contributed by atoms with Crippen LogP contribution in [-0.4, -0.2) is 23.7 Å². The van der Waals surface area contributed by atoms with E-state index in [9.17, 15) is 9.59 Å². The molecule has 0 aromatic heterocycles. The van der Waals surface area contributed by atoms with Gasteiger partial charge in [0.25, 0.3) is 0 Å². The fourth-order valence-electron chi connectivity index (χ4n) is 1.27. The van der Waals surface area contributed by atoms with Crippen molar-refractivity contribution in [1.82, 2.24) is 5.32 Å². The van der Waals surface area contributed by atoms with Gasteiger partial charge in [0.15, 0.2) is 5.56 Å². The van der Waals surface area contributed by atoms with E-state index in [1.165, 1.54) is 13.8 Å². The standard InChI is InChI=1S/C13H16ClNO4/c1-9(15-13(17)19-10(2)14)12(16)18-8-11-6-4-3-5-7-11/h3-7,9-10H,8H2,1-2H3,(H,15,17)/t9-,10?/m0/s1. The zero-order valence-corrected chi connectivity index (χ0v) is 11.5. The van der Waals surface area contributed by atoms with Gasteiger partial charge in [-0.1, -0.05) is 41.9 Å². The number of alkyl carbamates (subject to hydrolysis) is 1. The van der Waals surface area contributed by atoms with Crippen LogP contribution in [-0.2, 0) is 20.9 Å². The molecule has 1 unspecified atom stereocenters. The summed E-state index contributed by atoms with van der Waals surface area (Å²) in [6.45, 7) is 3.17. The van der Waals surface area contributed by atoms with E-state index in [1.807, 2.05) is 30.3 Å². The maximum atomic E-state index is 11.6. The van der Waals surface area contributed by atoms with Gasteiger partial charge in [0.05, 0.1) is 0 Å². The van der Waals surface area contributed by atoms with Crippen molar-refractivity contribution in [1.29, 1.82) is 0 Å². The summed E-state index contributed by atoms with van der Waals surface area (Å²) in [5, 5.41) is 2.33. The van der Waals surface area contributed by atoms with Gasteiger partial charge in [-0.2, -0.15) is 0 Å². The third-order valence-corrected chi connectivity index (χ3v) is 2.27. The van der Waals surface area contributed by atoms with Crippen molar-refractivity contribution in [3.8, 4) is 0 Å². The van der Waals surface area contributed by atoms with E-state index in [-0.39, 0.29) is 6.61 Å². The molecule has 0 aliphatic carbocycles. The molecule has 0 aliphatic heterocycles. The van der Waals surface area contributed by atoms with E-state index >= 15 is 0 Å². The molecule has 1 aromatic carbocycles. The van der Waals surface area contributed by atoms with Crippen LogP contribution in [0.25, 0.3) is 0 Å². The molecule has 1 rings (SSSR count). The molecular weight excluding hydrogens is 270 g/mol. The second kappa shape index (κ2) is 7.63. The quantitative estimate of drug-likeness (QED) is 0.666. The molecule has 1 aromatic rings. The van der Waals surface area contributed by atoms with Gasteiger partial charge < -0.3 is 14.8 Å². The summed E-state index contributed by atoms with van der Waals surface area (Å²) in [7, 11) is 0. The number of hydrogen-bond donors (Lipinski definition) is 1. The minimum Gasteiger partial charge on any atom is -0.459 e. The third-order valence-electron chi connectivity index (χ3n) is 2.18. The molecule has 0 aliphatic rings. The molecular formula is C13H16ClNO4. The number of ether oxygens (including phenoxy) is 2. The molecule has 19 heavy (non-hydrogen) atoms. The van der Waals surface area contributed by atoms with Gasteiger partial charge in [-0.3, -0.25) is 0 Å². The van der Waals surface area contributed by atoms with Gasteiger partial charge in [-0.05, 0) is 19.4 Å². The molecule has 104 valence electrons. The Morgan fingerprint density at radius 1 is 1.26 bits per heavy atom. The predicted molar refractivity (Wildman–Crippen MR) is 70.6 cm³/mol. The monoisotopic (exact) mass is 285 g/mol. The Kier molecular flexibility index (Phi) is 6.15. The van der Waals surface area contributed by atoms with Gasteiger partial charge in [0, 0.05) is 0 Å². The molecule has 0 fully saturated rings. The topological polar surface area (TPSA) is 64.6 Å². The summed E-state index contributed by atoms with van der Waals surface area (Å²) in [6.07, 6.45) is -0.758. The first kappa shape index (κ1) is 15.3. The third kappa shape index (κ3) is 6.10. The number of carbonyl (C=O) groups is 2. The van der Waals surface area contributed by atoms with Crippen LogP contribution in [0.3, 0.4) is 0 Å². The highest BCUT2D eigenvalue weighted by atomic mass is 35.5. The van der Waals surface area contributed by atoms with E-state index in [0.717, 1.165) is 5.56 Å². The lowest BCUT2D eigenvalue weighted by Gasteiger charge is -2.14. The number of rotatable bonds is 5. The number of carbonyl (C=O) groups excluding carboxylic acids is 2. The largest absolute Gasteiger partial charge is 0.459 e. The molecule has 1 N–H and O–H groups in total. The summed E-state index contributed by atoms with van der Waals surface area (Å²) >= 11 is 5.48. The second-order valence-corrected chi connectivity index (χ2v) is 4.52. The zero-order valence-electron chi connectivity index (χ0n) is 10.8. The second-order valence-electron chi connectivity index (χ2n) is 3.91. The first-order valence-electron chi connectivity index (χ1n) is 5.81. The lowest BCUT2D eigenvalue weighted by Crippen LogP contribution is -2.40.